The average molecular weight is 176 g/mol. The highest BCUT2D eigenvalue weighted by atomic mass is 15.1. The second-order valence-electron chi connectivity index (χ2n) is 3.83. The molecule has 13 heavy (non-hydrogen) atoms. The van der Waals surface area contributed by atoms with Crippen molar-refractivity contribution in [2.24, 2.45) is 0 Å². The van der Waals surface area contributed by atoms with E-state index in [1.165, 1.54) is 25.7 Å². The van der Waals surface area contributed by atoms with Gasteiger partial charge in [0.15, 0.2) is 0 Å². The average Bonchev–Trinajstić information content (AvgIpc) is 2.13. The van der Waals surface area contributed by atoms with Crippen molar-refractivity contribution in [3.05, 3.63) is 24.4 Å². The summed E-state index contributed by atoms with van der Waals surface area (Å²) in [5.41, 5.74) is 0.356. The minimum Gasteiger partial charge on any atom is -0.365 e. The predicted molar refractivity (Wildman–Crippen MR) is 54.7 cm³/mol. The molecule has 2 heteroatoms. The molecule has 2 rings (SSSR count). The Morgan fingerprint density at radius 1 is 1.46 bits per heavy atom. The van der Waals surface area contributed by atoms with E-state index in [2.05, 4.69) is 17.2 Å². The summed E-state index contributed by atoms with van der Waals surface area (Å²) < 4.78 is 0. The fourth-order valence-corrected chi connectivity index (χ4v) is 1.88. The summed E-state index contributed by atoms with van der Waals surface area (Å²) >= 11 is 0. The maximum Gasteiger partial charge on any atom is 0.126 e. The quantitative estimate of drug-likeness (QED) is 0.766. The zero-order valence-electron chi connectivity index (χ0n) is 8.09. The lowest BCUT2D eigenvalue weighted by Gasteiger charge is -2.42. The molecule has 1 aromatic rings. The van der Waals surface area contributed by atoms with Crippen molar-refractivity contribution in [2.45, 2.75) is 38.1 Å². The molecular weight excluding hydrogens is 160 g/mol. The van der Waals surface area contributed by atoms with Gasteiger partial charge in [-0.25, -0.2) is 4.98 Å². The molecule has 0 spiro atoms. The molecule has 1 aliphatic rings. The standard InChI is InChI=1S/C11H16N2/c1-2-11(7-5-8-11)13-10-6-3-4-9-12-10/h3-4,6,9H,2,5,7-8H2,1H3,(H,12,13). The monoisotopic (exact) mass is 176 g/mol. The minimum absolute atomic E-state index is 0.356. The summed E-state index contributed by atoms with van der Waals surface area (Å²) in [7, 11) is 0. The van der Waals surface area contributed by atoms with Crippen molar-refractivity contribution in [1.82, 2.24) is 4.98 Å². The van der Waals surface area contributed by atoms with Crippen LogP contribution in [0, 0.1) is 0 Å². The Morgan fingerprint density at radius 2 is 2.31 bits per heavy atom. The summed E-state index contributed by atoms with van der Waals surface area (Å²) in [4.78, 5) is 4.28. The Hall–Kier alpha value is -1.05. The fraction of sp³-hybridized carbons (Fsp3) is 0.545. The maximum absolute atomic E-state index is 4.28. The highest BCUT2D eigenvalue weighted by Gasteiger charge is 2.34. The van der Waals surface area contributed by atoms with E-state index in [0.717, 1.165) is 5.82 Å². The predicted octanol–water partition coefficient (Wildman–Crippen LogP) is 2.83. The van der Waals surface area contributed by atoms with Crippen LogP contribution in [0.1, 0.15) is 32.6 Å². The molecule has 0 saturated heterocycles. The summed E-state index contributed by atoms with van der Waals surface area (Å²) in [6.45, 7) is 2.25. The smallest absolute Gasteiger partial charge is 0.126 e. The van der Waals surface area contributed by atoms with Gasteiger partial charge in [0, 0.05) is 11.7 Å². The van der Waals surface area contributed by atoms with Gasteiger partial charge in [0.2, 0.25) is 0 Å². The van der Waals surface area contributed by atoms with E-state index in [4.69, 9.17) is 0 Å². The number of nitrogens with zero attached hydrogens (tertiary/aromatic N) is 1. The van der Waals surface area contributed by atoms with Crippen LogP contribution >= 0.6 is 0 Å². The first kappa shape index (κ1) is 8.54. The van der Waals surface area contributed by atoms with Crippen LogP contribution in [0.2, 0.25) is 0 Å². The number of anilines is 1. The van der Waals surface area contributed by atoms with Gasteiger partial charge in [-0.1, -0.05) is 13.0 Å². The van der Waals surface area contributed by atoms with E-state index in [1.807, 2.05) is 24.4 Å². The third kappa shape index (κ3) is 1.67. The molecule has 1 aliphatic carbocycles. The van der Waals surface area contributed by atoms with Gasteiger partial charge >= 0.3 is 0 Å². The first-order valence-corrected chi connectivity index (χ1v) is 5.04. The van der Waals surface area contributed by atoms with Gasteiger partial charge < -0.3 is 5.32 Å². The van der Waals surface area contributed by atoms with Gasteiger partial charge in [-0.15, -0.1) is 0 Å². The van der Waals surface area contributed by atoms with Crippen molar-refractivity contribution in [1.29, 1.82) is 0 Å². The van der Waals surface area contributed by atoms with Crippen molar-refractivity contribution in [2.75, 3.05) is 5.32 Å². The molecule has 70 valence electrons. The Kier molecular flexibility index (Phi) is 2.21. The van der Waals surface area contributed by atoms with Crippen molar-refractivity contribution in [3.8, 4) is 0 Å². The normalized spacial score (nSPS) is 19.2. The molecule has 1 N–H and O–H groups in total. The van der Waals surface area contributed by atoms with E-state index in [0.29, 0.717) is 5.54 Å². The van der Waals surface area contributed by atoms with E-state index in [9.17, 15) is 0 Å². The zero-order chi connectivity index (χ0) is 9.15. The van der Waals surface area contributed by atoms with Crippen LogP contribution in [-0.4, -0.2) is 10.5 Å². The molecule has 1 saturated carbocycles. The molecule has 1 heterocycles. The van der Waals surface area contributed by atoms with Crippen LogP contribution < -0.4 is 5.32 Å². The number of pyridine rings is 1. The fourth-order valence-electron chi connectivity index (χ4n) is 1.88. The third-order valence-corrected chi connectivity index (χ3v) is 3.05. The Labute approximate surface area is 79.4 Å². The highest BCUT2D eigenvalue weighted by Crippen LogP contribution is 2.37. The SMILES string of the molecule is CCC1(Nc2ccccn2)CCC1. The molecule has 0 bridgehead atoms. The second-order valence-corrected chi connectivity index (χ2v) is 3.83. The van der Waals surface area contributed by atoms with Crippen LogP contribution in [0.3, 0.4) is 0 Å². The summed E-state index contributed by atoms with van der Waals surface area (Å²) in [6.07, 6.45) is 6.97. The molecule has 0 aromatic carbocycles. The van der Waals surface area contributed by atoms with Crippen LogP contribution in [-0.2, 0) is 0 Å². The summed E-state index contributed by atoms with van der Waals surface area (Å²) in [5, 5.41) is 3.53. The Bertz CT molecular complexity index is 259. The Morgan fingerprint density at radius 3 is 2.77 bits per heavy atom. The molecule has 0 radical (unpaired) electrons. The lowest BCUT2D eigenvalue weighted by Crippen LogP contribution is -2.44. The van der Waals surface area contributed by atoms with Gasteiger partial charge in [-0.05, 0) is 37.8 Å². The first-order valence-electron chi connectivity index (χ1n) is 5.04. The molecule has 0 atom stereocenters. The molecule has 0 unspecified atom stereocenters. The van der Waals surface area contributed by atoms with Crippen LogP contribution in [0.5, 0.6) is 0 Å². The third-order valence-electron chi connectivity index (χ3n) is 3.05. The molecule has 1 fully saturated rings. The molecule has 2 nitrogen and oxygen atoms in total. The molecular formula is C11H16N2. The first-order chi connectivity index (χ1) is 6.35. The number of hydrogen-bond acceptors (Lipinski definition) is 2. The number of hydrogen-bond donors (Lipinski definition) is 1. The molecule has 1 aromatic heterocycles. The van der Waals surface area contributed by atoms with Crippen molar-refractivity contribution in [3.63, 3.8) is 0 Å². The number of aromatic nitrogens is 1. The minimum atomic E-state index is 0.356. The van der Waals surface area contributed by atoms with Gasteiger partial charge in [-0.3, -0.25) is 0 Å². The van der Waals surface area contributed by atoms with Gasteiger partial charge in [0.1, 0.15) is 5.82 Å². The highest BCUT2D eigenvalue weighted by molar-refractivity contribution is 5.37. The van der Waals surface area contributed by atoms with E-state index >= 15 is 0 Å². The molecule has 0 aliphatic heterocycles. The van der Waals surface area contributed by atoms with Crippen molar-refractivity contribution < 1.29 is 0 Å². The van der Waals surface area contributed by atoms with Crippen LogP contribution in [0.15, 0.2) is 24.4 Å². The van der Waals surface area contributed by atoms with Gasteiger partial charge in [0.05, 0.1) is 0 Å². The second kappa shape index (κ2) is 3.36. The van der Waals surface area contributed by atoms with Gasteiger partial charge in [0.25, 0.3) is 0 Å². The summed E-state index contributed by atoms with van der Waals surface area (Å²) in [6, 6.07) is 6.01. The van der Waals surface area contributed by atoms with Gasteiger partial charge in [-0.2, -0.15) is 0 Å². The van der Waals surface area contributed by atoms with E-state index in [1.54, 1.807) is 0 Å². The van der Waals surface area contributed by atoms with Crippen LogP contribution in [0.25, 0.3) is 0 Å². The number of nitrogens with one attached hydrogen (secondary N) is 1. The maximum atomic E-state index is 4.28. The zero-order valence-corrected chi connectivity index (χ0v) is 8.09. The molecule has 0 amide bonds. The van der Waals surface area contributed by atoms with Crippen molar-refractivity contribution >= 4 is 5.82 Å². The topological polar surface area (TPSA) is 24.9 Å². The van der Waals surface area contributed by atoms with E-state index < -0.39 is 0 Å². The Balaban J connectivity index is 2.05. The largest absolute Gasteiger partial charge is 0.365 e. The van der Waals surface area contributed by atoms with E-state index in [-0.39, 0.29) is 0 Å². The van der Waals surface area contributed by atoms with Crippen LogP contribution in [0.4, 0.5) is 5.82 Å². The lowest BCUT2D eigenvalue weighted by molar-refractivity contribution is 0.269. The lowest BCUT2D eigenvalue weighted by atomic mass is 9.75. The number of rotatable bonds is 3. The summed E-state index contributed by atoms with van der Waals surface area (Å²) in [5.74, 6) is 1.02.